The molecule has 3 aromatic rings. The Balaban J connectivity index is 1.80. The highest BCUT2D eigenvalue weighted by Crippen LogP contribution is 2.13. The van der Waals surface area contributed by atoms with Crippen molar-refractivity contribution in [1.82, 2.24) is 15.3 Å². The summed E-state index contributed by atoms with van der Waals surface area (Å²) in [6.45, 7) is 1.87. The fourth-order valence-corrected chi connectivity index (χ4v) is 2.40. The maximum Gasteiger partial charge on any atom is 0.264 e. The number of carbonyl (C=O) groups excluding carboxylic acids is 1. The van der Waals surface area contributed by atoms with Crippen LogP contribution in [0.4, 0.5) is 0 Å². The minimum absolute atomic E-state index is 0.00235. The van der Waals surface area contributed by atoms with Gasteiger partial charge in [0.05, 0.1) is 6.04 Å². The third-order valence-corrected chi connectivity index (χ3v) is 3.74. The summed E-state index contributed by atoms with van der Waals surface area (Å²) < 4.78 is 0. The topological polar surface area (TPSA) is 74.8 Å². The molecular formula is C19H17N3O2. The molecule has 24 heavy (non-hydrogen) atoms. The number of hydrogen-bond donors (Lipinski definition) is 2. The second-order valence-electron chi connectivity index (χ2n) is 5.45. The molecule has 0 saturated heterocycles. The first-order chi connectivity index (χ1) is 11.6. The van der Waals surface area contributed by atoms with Crippen LogP contribution in [-0.4, -0.2) is 15.9 Å². The Kier molecular flexibility index (Phi) is 4.52. The van der Waals surface area contributed by atoms with Crippen LogP contribution in [0.2, 0.25) is 0 Å². The highest BCUT2D eigenvalue weighted by molar-refractivity contribution is 5.93. The Hall–Kier alpha value is -3.21. The fourth-order valence-electron chi connectivity index (χ4n) is 2.40. The first kappa shape index (κ1) is 15.7. The van der Waals surface area contributed by atoms with Crippen LogP contribution in [-0.2, 0) is 0 Å². The molecule has 1 amide bonds. The summed E-state index contributed by atoms with van der Waals surface area (Å²) in [5.41, 5.74) is 1.30. The molecule has 2 N–H and O–H groups in total. The van der Waals surface area contributed by atoms with Crippen molar-refractivity contribution < 1.29 is 4.79 Å². The zero-order chi connectivity index (χ0) is 16.9. The van der Waals surface area contributed by atoms with Crippen molar-refractivity contribution >= 4 is 5.91 Å². The van der Waals surface area contributed by atoms with E-state index >= 15 is 0 Å². The van der Waals surface area contributed by atoms with Crippen molar-refractivity contribution in [3.8, 4) is 11.4 Å². The average molecular weight is 319 g/mol. The number of hydrogen-bond acceptors (Lipinski definition) is 3. The van der Waals surface area contributed by atoms with E-state index in [0.717, 1.165) is 11.1 Å². The molecule has 3 rings (SSSR count). The van der Waals surface area contributed by atoms with Crippen LogP contribution in [0.3, 0.4) is 0 Å². The predicted molar refractivity (Wildman–Crippen MR) is 92.6 cm³/mol. The van der Waals surface area contributed by atoms with E-state index in [1.165, 1.54) is 6.20 Å². The number of aromatic amines is 1. The van der Waals surface area contributed by atoms with Gasteiger partial charge in [-0.25, -0.2) is 4.98 Å². The zero-order valence-electron chi connectivity index (χ0n) is 13.2. The predicted octanol–water partition coefficient (Wildman–Crippen LogP) is 2.93. The van der Waals surface area contributed by atoms with Crippen molar-refractivity contribution in [2.75, 3.05) is 0 Å². The normalized spacial score (nSPS) is 11.7. The van der Waals surface area contributed by atoms with E-state index < -0.39 is 11.5 Å². The molecule has 1 atom stereocenters. The molecule has 0 saturated carbocycles. The van der Waals surface area contributed by atoms with Crippen LogP contribution in [0.25, 0.3) is 11.4 Å². The fraction of sp³-hybridized carbons (Fsp3) is 0.105. The van der Waals surface area contributed by atoms with Gasteiger partial charge in [-0.15, -0.1) is 0 Å². The number of aromatic nitrogens is 2. The highest BCUT2D eigenvalue weighted by Gasteiger charge is 2.15. The lowest BCUT2D eigenvalue weighted by Gasteiger charge is -2.14. The number of rotatable bonds is 4. The number of amides is 1. The van der Waals surface area contributed by atoms with Crippen LogP contribution in [0.5, 0.6) is 0 Å². The summed E-state index contributed by atoms with van der Waals surface area (Å²) in [5.74, 6) is -0.00651. The quantitative estimate of drug-likeness (QED) is 0.776. The van der Waals surface area contributed by atoms with Gasteiger partial charge >= 0.3 is 0 Å². The van der Waals surface area contributed by atoms with E-state index in [2.05, 4.69) is 15.3 Å². The smallest absolute Gasteiger partial charge is 0.264 e. The van der Waals surface area contributed by atoms with Gasteiger partial charge in [0, 0.05) is 11.8 Å². The molecule has 2 aromatic carbocycles. The lowest BCUT2D eigenvalue weighted by Crippen LogP contribution is -2.32. The van der Waals surface area contributed by atoms with Gasteiger partial charge in [-0.05, 0) is 12.5 Å². The van der Waals surface area contributed by atoms with Crippen molar-refractivity contribution in [3.05, 3.63) is 88.3 Å². The SMILES string of the molecule is C[C@H](NC(=O)c1cnc(-c2ccccc2)[nH]c1=O)c1ccccc1. The lowest BCUT2D eigenvalue weighted by atomic mass is 10.1. The monoisotopic (exact) mass is 319 g/mol. The average Bonchev–Trinajstić information content (AvgIpc) is 2.63. The number of benzene rings is 2. The first-order valence-corrected chi connectivity index (χ1v) is 7.65. The van der Waals surface area contributed by atoms with Crippen molar-refractivity contribution in [2.24, 2.45) is 0 Å². The highest BCUT2D eigenvalue weighted by atomic mass is 16.2. The molecule has 0 aliphatic rings. The third-order valence-electron chi connectivity index (χ3n) is 3.74. The summed E-state index contributed by atoms with van der Waals surface area (Å²) in [6, 6.07) is 18.6. The summed E-state index contributed by atoms with van der Waals surface area (Å²) in [6.07, 6.45) is 1.31. The lowest BCUT2D eigenvalue weighted by molar-refractivity contribution is 0.0938. The second kappa shape index (κ2) is 6.91. The summed E-state index contributed by atoms with van der Waals surface area (Å²) in [4.78, 5) is 31.4. The van der Waals surface area contributed by atoms with Crippen LogP contribution >= 0.6 is 0 Å². The number of nitrogens with zero attached hydrogens (tertiary/aromatic N) is 1. The molecular weight excluding hydrogens is 302 g/mol. The van der Waals surface area contributed by atoms with E-state index in [9.17, 15) is 9.59 Å². The minimum Gasteiger partial charge on any atom is -0.345 e. The Labute approximate surface area is 139 Å². The molecule has 0 radical (unpaired) electrons. The zero-order valence-corrected chi connectivity index (χ0v) is 13.2. The van der Waals surface area contributed by atoms with Crippen molar-refractivity contribution in [1.29, 1.82) is 0 Å². The molecule has 5 nitrogen and oxygen atoms in total. The van der Waals surface area contributed by atoms with Crippen molar-refractivity contribution in [3.63, 3.8) is 0 Å². The Morgan fingerprint density at radius 3 is 2.29 bits per heavy atom. The molecule has 0 spiro atoms. The van der Waals surface area contributed by atoms with E-state index in [0.29, 0.717) is 5.82 Å². The molecule has 0 aliphatic carbocycles. The summed E-state index contributed by atoms with van der Waals surface area (Å²) in [5, 5.41) is 2.81. The maximum absolute atomic E-state index is 12.3. The van der Waals surface area contributed by atoms with Gasteiger partial charge < -0.3 is 10.3 Å². The van der Waals surface area contributed by atoms with Gasteiger partial charge in [0.1, 0.15) is 11.4 Å². The van der Waals surface area contributed by atoms with E-state index in [1.54, 1.807) is 0 Å². The molecule has 1 aromatic heterocycles. The summed E-state index contributed by atoms with van der Waals surface area (Å²) >= 11 is 0. The van der Waals surface area contributed by atoms with Gasteiger partial charge in [0.2, 0.25) is 0 Å². The Bertz CT molecular complexity index is 889. The number of H-pyrrole nitrogens is 1. The molecule has 5 heteroatoms. The molecule has 0 aliphatic heterocycles. The van der Waals surface area contributed by atoms with E-state index in [-0.39, 0.29) is 11.6 Å². The largest absolute Gasteiger partial charge is 0.345 e. The van der Waals surface area contributed by atoms with Crippen LogP contribution in [0.15, 0.2) is 71.7 Å². The molecule has 0 fully saturated rings. The second-order valence-corrected chi connectivity index (χ2v) is 5.45. The van der Waals surface area contributed by atoms with Crippen LogP contribution < -0.4 is 10.9 Å². The van der Waals surface area contributed by atoms with Crippen LogP contribution in [0.1, 0.15) is 28.9 Å². The van der Waals surface area contributed by atoms with Gasteiger partial charge in [0.25, 0.3) is 11.5 Å². The Morgan fingerprint density at radius 2 is 1.67 bits per heavy atom. The molecule has 1 heterocycles. The third kappa shape index (κ3) is 3.41. The Morgan fingerprint density at radius 1 is 1.04 bits per heavy atom. The van der Waals surface area contributed by atoms with Gasteiger partial charge in [0.15, 0.2) is 0 Å². The van der Waals surface area contributed by atoms with E-state index in [1.807, 2.05) is 67.6 Å². The van der Waals surface area contributed by atoms with Crippen LogP contribution in [0, 0.1) is 0 Å². The number of nitrogens with one attached hydrogen (secondary N) is 2. The van der Waals surface area contributed by atoms with Gasteiger partial charge in [-0.3, -0.25) is 9.59 Å². The van der Waals surface area contributed by atoms with E-state index in [4.69, 9.17) is 0 Å². The standard InChI is InChI=1S/C19H17N3O2/c1-13(14-8-4-2-5-9-14)21-18(23)16-12-20-17(22-19(16)24)15-10-6-3-7-11-15/h2-13H,1H3,(H,21,23)(H,20,22,24)/t13-/m0/s1. The molecule has 0 bridgehead atoms. The molecule has 0 unspecified atom stereocenters. The van der Waals surface area contributed by atoms with Gasteiger partial charge in [-0.2, -0.15) is 0 Å². The van der Waals surface area contributed by atoms with Crippen molar-refractivity contribution in [2.45, 2.75) is 13.0 Å². The molecule has 120 valence electrons. The minimum atomic E-state index is -0.457. The number of carbonyl (C=O) groups is 1. The summed E-state index contributed by atoms with van der Waals surface area (Å²) in [7, 11) is 0. The maximum atomic E-state index is 12.3. The first-order valence-electron chi connectivity index (χ1n) is 7.65. The van der Waals surface area contributed by atoms with Gasteiger partial charge in [-0.1, -0.05) is 60.7 Å².